The SMILES string of the molecule is Cc1cc(S(=O)(=O)c2c(C)cc(C)c(O)c2C)cc(O)c1C. The molecule has 2 aromatic carbocycles. The molecule has 118 valence electrons. The van der Waals surface area contributed by atoms with Gasteiger partial charge in [-0.3, -0.25) is 0 Å². The number of sulfone groups is 1. The summed E-state index contributed by atoms with van der Waals surface area (Å²) >= 11 is 0. The van der Waals surface area contributed by atoms with Crippen LogP contribution in [0, 0.1) is 34.6 Å². The molecule has 5 heteroatoms. The highest BCUT2D eigenvalue weighted by Crippen LogP contribution is 2.36. The molecule has 0 aromatic heterocycles. The lowest BCUT2D eigenvalue weighted by molar-refractivity contribution is 0.463. The van der Waals surface area contributed by atoms with Crippen LogP contribution in [0.1, 0.15) is 27.8 Å². The number of benzene rings is 2. The highest BCUT2D eigenvalue weighted by atomic mass is 32.2. The van der Waals surface area contributed by atoms with Crippen LogP contribution < -0.4 is 0 Å². The Bertz CT molecular complexity index is 842. The fraction of sp³-hybridized carbons (Fsp3) is 0.294. The molecule has 0 unspecified atom stereocenters. The number of aryl methyl sites for hydroxylation is 3. The van der Waals surface area contributed by atoms with E-state index >= 15 is 0 Å². The summed E-state index contributed by atoms with van der Waals surface area (Å²) in [6.45, 7) is 8.50. The van der Waals surface area contributed by atoms with Crippen molar-refractivity contribution in [3.05, 3.63) is 46.0 Å². The quantitative estimate of drug-likeness (QED) is 0.888. The first-order chi connectivity index (χ1) is 10.1. The fourth-order valence-corrected chi connectivity index (χ4v) is 4.47. The molecule has 0 fully saturated rings. The van der Waals surface area contributed by atoms with E-state index in [1.54, 1.807) is 46.8 Å². The van der Waals surface area contributed by atoms with Crippen LogP contribution >= 0.6 is 0 Å². The molecule has 2 aromatic rings. The Morgan fingerprint density at radius 3 is 1.91 bits per heavy atom. The van der Waals surface area contributed by atoms with Gasteiger partial charge in [0.2, 0.25) is 9.84 Å². The average Bonchev–Trinajstić information content (AvgIpc) is 2.41. The average molecular weight is 320 g/mol. The number of phenols is 2. The smallest absolute Gasteiger partial charge is 0.207 e. The van der Waals surface area contributed by atoms with Crippen molar-refractivity contribution in [2.45, 2.75) is 44.4 Å². The molecule has 0 bridgehead atoms. The Balaban J connectivity index is 2.80. The van der Waals surface area contributed by atoms with Crippen LogP contribution in [0.2, 0.25) is 0 Å². The lowest BCUT2D eigenvalue weighted by Gasteiger charge is -2.15. The first-order valence-corrected chi connectivity index (χ1v) is 8.40. The van der Waals surface area contributed by atoms with Crippen LogP contribution in [0.25, 0.3) is 0 Å². The van der Waals surface area contributed by atoms with E-state index in [0.717, 1.165) is 0 Å². The third kappa shape index (κ3) is 2.46. The van der Waals surface area contributed by atoms with Crippen LogP contribution in [0.5, 0.6) is 11.5 Å². The number of hydrogen-bond acceptors (Lipinski definition) is 4. The minimum absolute atomic E-state index is 0.0165. The molecular weight excluding hydrogens is 300 g/mol. The molecule has 0 aliphatic heterocycles. The second-order valence-electron chi connectivity index (χ2n) is 5.70. The van der Waals surface area contributed by atoms with Gasteiger partial charge in [-0.2, -0.15) is 0 Å². The minimum Gasteiger partial charge on any atom is -0.508 e. The number of aromatic hydroxyl groups is 2. The Hall–Kier alpha value is -2.01. The summed E-state index contributed by atoms with van der Waals surface area (Å²) in [5.74, 6) is -0.0672. The monoisotopic (exact) mass is 320 g/mol. The van der Waals surface area contributed by atoms with E-state index in [2.05, 4.69) is 0 Å². The predicted octanol–water partition coefficient (Wildman–Crippen LogP) is 3.47. The van der Waals surface area contributed by atoms with Gasteiger partial charge in [-0.05, 0) is 69.0 Å². The Labute approximate surface area is 131 Å². The van der Waals surface area contributed by atoms with Crippen LogP contribution in [-0.2, 0) is 9.84 Å². The first-order valence-electron chi connectivity index (χ1n) is 6.92. The third-order valence-corrected chi connectivity index (χ3v) is 6.07. The lowest BCUT2D eigenvalue weighted by atomic mass is 10.1. The van der Waals surface area contributed by atoms with Gasteiger partial charge in [0.1, 0.15) is 11.5 Å². The Morgan fingerprint density at radius 1 is 0.773 bits per heavy atom. The van der Waals surface area contributed by atoms with Crippen LogP contribution in [0.3, 0.4) is 0 Å². The highest BCUT2D eigenvalue weighted by Gasteiger charge is 2.26. The van der Waals surface area contributed by atoms with Crippen molar-refractivity contribution in [3.8, 4) is 11.5 Å². The summed E-state index contributed by atoms with van der Waals surface area (Å²) in [7, 11) is -3.82. The molecule has 0 aliphatic rings. The third-order valence-electron chi connectivity index (χ3n) is 4.05. The molecule has 0 spiro atoms. The van der Waals surface area contributed by atoms with Crippen LogP contribution in [0.15, 0.2) is 28.0 Å². The summed E-state index contributed by atoms with van der Waals surface area (Å²) in [6.07, 6.45) is 0. The fourth-order valence-electron chi connectivity index (χ4n) is 2.65. The van der Waals surface area contributed by atoms with Crippen molar-refractivity contribution in [2.75, 3.05) is 0 Å². The summed E-state index contributed by atoms with van der Waals surface area (Å²) < 4.78 is 25.9. The maximum absolute atomic E-state index is 12.9. The van der Waals surface area contributed by atoms with Gasteiger partial charge in [0.15, 0.2) is 0 Å². The number of rotatable bonds is 2. The highest BCUT2D eigenvalue weighted by molar-refractivity contribution is 7.91. The van der Waals surface area contributed by atoms with E-state index < -0.39 is 9.84 Å². The summed E-state index contributed by atoms with van der Waals surface area (Å²) in [5.41, 5.74) is 2.89. The Morgan fingerprint density at radius 2 is 1.36 bits per heavy atom. The topological polar surface area (TPSA) is 74.6 Å². The van der Waals surface area contributed by atoms with Gasteiger partial charge < -0.3 is 10.2 Å². The van der Waals surface area contributed by atoms with Gasteiger partial charge in [-0.1, -0.05) is 6.07 Å². The standard InChI is InChI=1S/C17H20O4S/c1-9-7-14(8-15(18)12(9)4)22(20,21)17-11(3)6-10(2)16(19)13(17)5/h6-8,18-19H,1-5H3. The maximum Gasteiger partial charge on any atom is 0.207 e. The van der Waals surface area contributed by atoms with Gasteiger partial charge in [-0.25, -0.2) is 8.42 Å². The molecule has 0 heterocycles. The predicted molar refractivity (Wildman–Crippen MR) is 85.4 cm³/mol. The summed E-state index contributed by atoms with van der Waals surface area (Å²) in [6, 6.07) is 4.45. The van der Waals surface area contributed by atoms with E-state index in [1.807, 2.05) is 0 Å². The van der Waals surface area contributed by atoms with E-state index in [-0.39, 0.29) is 21.3 Å². The van der Waals surface area contributed by atoms with Gasteiger partial charge in [0.25, 0.3) is 0 Å². The zero-order valence-corrected chi connectivity index (χ0v) is 14.2. The van der Waals surface area contributed by atoms with Crippen molar-refractivity contribution < 1.29 is 18.6 Å². The zero-order valence-electron chi connectivity index (χ0n) is 13.4. The molecule has 22 heavy (non-hydrogen) atoms. The maximum atomic E-state index is 12.9. The molecule has 0 amide bonds. The van der Waals surface area contributed by atoms with Crippen LogP contribution in [-0.4, -0.2) is 18.6 Å². The van der Waals surface area contributed by atoms with Gasteiger partial charge in [0.05, 0.1) is 9.79 Å². The van der Waals surface area contributed by atoms with E-state index in [1.165, 1.54) is 6.07 Å². The molecule has 0 atom stereocenters. The van der Waals surface area contributed by atoms with E-state index in [4.69, 9.17) is 0 Å². The lowest BCUT2D eigenvalue weighted by Crippen LogP contribution is -2.08. The Kier molecular flexibility index (Phi) is 3.96. The van der Waals surface area contributed by atoms with Gasteiger partial charge >= 0.3 is 0 Å². The van der Waals surface area contributed by atoms with E-state index in [9.17, 15) is 18.6 Å². The van der Waals surface area contributed by atoms with Crippen LogP contribution in [0.4, 0.5) is 0 Å². The zero-order chi connectivity index (χ0) is 16.8. The molecule has 0 radical (unpaired) electrons. The second kappa shape index (κ2) is 5.32. The molecule has 2 N–H and O–H groups in total. The van der Waals surface area contributed by atoms with Crippen molar-refractivity contribution >= 4 is 9.84 Å². The van der Waals surface area contributed by atoms with Crippen molar-refractivity contribution in [2.24, 2.45) is 0 Å². The molecule has 4 nitrogen and oxygen atoms in total. The van der Waals surface area contributed by atoms with E-state index in [0.29, 0.717) is 27.8 Å². The molecular formula is C17H20O4S. The van der Waals surface area contributed by atoms with Crippen molar-refractivity contribution in [1.82, 2.24) is 0 Å². The van der Waals surface area contributed by atoms with Crippen molar-refractivity contribution in [3.63, 3.8) is 0 Å². The number of phenolic OH excluding ortho intramolecular Hbond substituents is 2. The molecule has 0 aliphatic carbocycles. The summed E-state index contributed by atoms with van der Waals surface area (Å²) in [5, 5.41) is 20.0. The van der Waals surface area contributed by atoms with Gasteiger partial charge in [-0.15, -0.1) is 0 Å². The largest absolute Gasteiger partial charge is 0.508 e. The molecule has 2 rings (SSSR count). The first kappa shape index (κ1) is 16.4. The molecule has 0 saturated carbocycles. The number of hydrogen-bond donors (Lipinski definition) is 2. The summed E-state index contributed by atoms with van der Waals surface area (Å²) in [4.78, 5) is 0.126. The molecule has 0 saturated heterocycles. The second-order valence-corrected chi connectivity index (χ2v) is 7.59. The normalized spacial score (nSPS) is 11.7. The van der Waals surface area contributed by atoms with Gasteiger partial charge in [0, 0.05) is 5.56 Å². The van der Waals surface area contributed by atoms with Crippen molar-refractivity contribution in [1.29, 1.82) is 0 Å². The minimum atomic E-state index is -3.82.